The van der Waals surface area contributed by atoms with E-state index in [2.05, 4.69) is 16.0 Å². The van der Waals surface area contributed by atoms with Gasteiger partial charge in [0.2, 0.25) is 5.91 Å². The van der Waals surface area contributed by atoms with Crippen LogP contribution in [0.5, 0.6) is 0 Å². The number of ether oxygens (including phenoxy) is 1. The Morgan fingerprint density at radius 2 is 1.96 bits per heavy atom. The molecule has 1 aromatic rings. The minimum atomic E-state index is -0.738. The van der Waals surface area contributed by atoms with Crippen LogP contribution >= 0.6 is 0 Å². The van der Waals surface area contributed by atoms with Gasteiger partial charge < -0.3 is 20.7 Å². The molecule has 0 unspecified atom stereocenters. The van der Waals surface area contributed by atoms with E-state index >= 15 is 0 Å². The van der Waals surface area contributed by atoms with Gasteiger partial charge in [0.25, 0.3) is 0 Å². The highest BCUT2D eigenvalue weighted by molar-refractivity contribution is 5.74. The predicted octanol–water partition coefficient (Wildman–Crippen LogP) is 2.68. The number of hydrogen-bond donors (Lipinski definition) is 3. The van der Waals surface area contributed by atoms with E-state index in [0.29, 0.717) is 0 Å². The van der Waals surface area contributed by atoms with Crippen LogP contribution in [0.4, 0.5) is 9.18 Å². The summed E-state index contributed by atoms with van der Waals surface area (Å²) >= 11 is 0. The SMILES string of the molecule is COC(=O)N[C@H]1CCC[C@@H]1[C@](NC(C)=O)(c1cccc(F)c1)C1CCNCC1. The van der Waals surface area contributed by atoms with E-state index in [1.54, 1.807) is 6.07 Å². The van der Waals surface area contributed by atoms with Gasteiger partial charge in [-0.05, 0) is 62.4 Å². The quantitative estimate of drug-likeness (QED) is 0.721. The van der Waals surface area contributed by atoms with Gasteiger partial charge >= 0.3 is 6.09 Å². The van der Waals surface area contributed by atoms with Crippen molar-refractivity contribution in [1.29, 1.82) is 0 Å². The lowest BCUT2D eigenvalue weighted by Gasteiger charge is -2.49. The Labute approximate surface area is 165 Å². The standard InChI is InChI=1S/C21H30FN3O3/c1-14(26)25-21(15-9-11-23-12-10-15,16-5-3-6-17(22)13-16)18-7-4-8-19(18)24-20(27)28-2/h3,5-6,13,15,18-19,23H,4,7-12H2,1-2H3,(H,24,27)(H,25,26)/t18-,19-,21+/m0/s1. The number of carbonyl (C=O) groups is 2. The predicted molar refractivity (Wildman–Crippen MR) is 104 cm³/mol. The number of halogens is 1. The van der Waals surface area contributed by atoms with Crippen molar-refractivity contribution in [2.75, 3.05) is 20.2 Å². The molecule has 1 aliphatic carbocycles. The fourth-order valence-electron chi connectivity index (χ4n) is 5.22. The summed E-state index contributed by atoms with van der Waals surface area (Å²) in [6, 6.07) is 6.40. The number of rotatable bonds is 5. The average molecular weight is 391 g/mol. The molecule has 0 bridgehead atoms. The van der Waals surface area contributed by atoms with Gasteiger partial charge in [-0.3, -0.25) is 4.79 Å². The number of benzene rings is 1. The lowest BCUT2D eigenvalue weighted by atomic mass is 9.64. The monoisotopic (exact) mass is 391 g/mol. The fourth-order valence-corrected chi connectivity index (χ4v) is 5.22. The van der Waals surface area contributed by atoms with Gasteiger partial charge in [0.05, 0.1) is 12.6 Å². The highest BCUT2D eigenvalue weighted by Crippen LogP contribution is 2.48. The lowest BCUT2D eigenvalue weighted by molar-refractivity contribution is -0.123. The number of nitrogens with one attached hydrogen (secondary N) is 3. The van der Waals surface area contributed by atoms with Crippen molar-refractivity contribution >= 4 is 12.0 Å². The van der Waals surface area contributed by atoms with E-state index in [-0.39, 0.29) is 29.6 Å². The molecule has 0 aromatic heterocycles. The van der Waals surface area contributed by atoms with Gasteiger partial charge in [-0.15, -0.1) is 0 Å². The number of piperidine rings is 1. The molecule has 0 radical (unpaired) electrons. The van der Waals surface area contributed by atoms with Crippen LogP contribution in [0, 0.1) is 17.7 Å². The Bertz CT molecular complexity index is 708. The number of carbonyl (C=O) groups excluding carboxylic acids is 2. The molecule has 1 saturated heterocycles. The third-order valence-corrected chi connectivity index (χ3v) is 6.26. The molecular formula is C21H30FN3O3. The van der Waals surface area contributed by atoms with Crippen LogP contribution in [0.2, 0.25) is 0 Å². The maximum Gasteiger partial charge on any atom is 0.407 e. The summed E-state index contributed by atoms with van der Waals surface area (Å²) in [7, 11) is 1.35. The van der Waals surface area contributed by atoms with Crippen LogP contribution in [0.3, 0.4) is 0 Å². The summed E-state index contributed by atoms with van der Waals surface area (Å²) < 4.78 is 19.1. The molecule has 1 aliphatic heterocycles. The topological polar surface area (TPSA) is 79.5 Å². The third kappa shape index (κ3) is 4.14. The van der Waals surface area contributed by atoms with Crippen LogP contribution in [0.15, 0.2) is 24.3 Å². The van der Waals surface area contributed by atoms with Crippen LogP contribution in [0.1, 0.15) is 44.6 Å². The van der Waals surface area contributed by atoms with Crippen molar-refractivity contribution in [3.63, 3.8) is 0 Å². The molecule has 1 heterocycles. The largest absolute Gasteiger partial charge is 0.453 e. The molecule has 3 atom stereocenters. The summed E-state index contributed by atoms with van der Waals surface area (Å²) in [4.78, 5) is 24.3. The normalized spacial score (nSPS) is 25.0. The fraction of sp³-hybridized carbons (Fsp3) is 0.619. The number of hydrogen-bond acceptors (Lipinski definition) is 4. The summed E-state index contributed by atoms with van der Waals surface area (Å²) in [6.45, 7) is 3.21. The maximum atomic E-state index is 14.2. The van der Waals surface area contributed by atoms with E-state index in [1.807, 2.05) is 6.07 Å². The second-order valence-electron chi connectivity index (χ2n) is 7.86. The van der Waals surface area contributed by atoms with E-state index in [9.17, 15) is 14.0 Å². The van der Waals surface area contributed by atoms with E-state index in [0.717, 1.165) is 50.8 Å². The molecule has 3 rings (SSSR count). The van der Waals surface area contributed by atoms with E-state index < -0.39 is 11.6 Å². The summed E-state index contributed by atoms with van der Waals surface area (Å²) in [6.07, 6.45) is 3.85. The number of amides is 2. The molecule has 1 saturated carbocycles. The minimum Gasteiger partial charge on any atom is -0.453 e. The van der Waals surface area contributed by atoms with E-state index in [1.165, 1.54) is 26.2 Å². The van der Waals surface area contributed by atoms with Crippen molar-refractivity contribution in [2.45, 2.75) is 50.6 Å². The first kappa shape index (κ1) is 20.6. The Morgan fingerprint density at radius 3 is 2.61 bits per heavy atom. The zero-order chi connectivity index (χ0) is 20.1. The zero-order valence-corrected chi connectivity index (χ0v) is 16.6. The van der Waals surface area contributed by atoms with Crippen LogP contribution in [-0.4, -0.2) is 38.2 Å². The first-order valence-electron chi connectivity index (χ1n) is 10.1. The Hall–Kier alpha value is -2.15. The van der Waals surface area contributed by atoms with Gasteiger partial charge in [0, 0.05) is 18.9 Å². The van der Waals surface area contributed by atoms with Crippen molar-refractivity contribution in [3.05, 3.63) is 35.6 Å². The van der Waals surface area contributed by atoms with E-state index in [4.69, 9.17) is 4.74 Å². The van der Waals surface area contributed by atoms with Crippen LogP contribution in [0.25, 0.3) is 0 Å². The minimum absolute atomic E-state index is 0.0413. The number of alkyl carbamates (subject to hydrolysis) is 1. The summed E-state index contributed by atoms with van der Waals surface area (Å²) in [5, 5.41) is 9.57. The molecule has 6 nitrogen and oxygen atoms in total. The van der Waals surface area contributed by atoms with Crippen LogP contribution < -0.4 is 16.0 Å². The maximum absolute atomic E-state index is 14.2. The number of methoxy groups -OCH3 is 1. The van der Waals surface area contributed by atoms with Crippen molar-refractivity contribution in [3.8, 4) is 0 Å². The smallest absolute Gasteiger partial charge is 0.407 e. The zero-order valence-electron chi connectivity index (χ0n) is 16.6. The molecule has 2 fully saturated rings. The molecule has 0 spiro atoms. The lowest BCUT2D eigenvalue weighted by Crippen LogP contribution is -2.61. The molecule has 2 aliphatic rings. The van der Waals surface area contributed by atoms with Gasteiger partial charge in [-0.2, -0.15) is 0 Å². The molecule has 28 heavy (non-hydrogen) atoms. The second-order valence-corrected chi connectivity index (χ2v) is 7.86. The molecular weight excluding hydrogens is 361 g/mol. The highest BCUT2D eigenvalue weighted by Gasteiger charge is 2.52. The van der Waals surface area contributed by atoms with Gasteiger partial charge in [-0.25, -0.2) is 9.18 Å². The first-order chi connectivity index (χ1) is 13.5. The average Bonchev–Trinajstić information content (AvgIpc) is 3.15. The molecule has 3 N–H and O–H groups in total. The first-order valence-corrected chi connectivity index (χ1v) is 10.1. The van der Waals surface area contributed by atoms with Gasteiger partial charge in [-0.1, -0.05) is 18.6 Å². The van der Waals surface area contributed by atoms with Crippen LogP contribution in [-0.2, 0) is 15.1 Å². The molecule has 1 aromatic carbocycles. The Kier molecular flexibility index (Phi) is 6.54. The summed E-state index contributed by atoms with van der Waals surface area (Å²) in [5.74, 6) is -0.368. The van der Waals surface area contributed by atoms with Crippen molar-refractivity contribution < 1.29 is 18.7 Å². The van der Waals surface area contributed by atoms with Gasteiger partial charge in [0.1, 0.15) is 5.82 Å². The summed E-state index contributed by atoms with van der Waals surface area (Å²) in [5.41, 5.74) is 0.0382. The van der Waals surface area contributed by atoms with Crippen molar-refractivity contribution in [2.24, 2.45) is 11.8 Å². The second kappa shape index (κ2) is 8.90. The van der Waals surface area contributed by atoms with Gasteiger partial charge in [0.15, 0.2) is 0 Å². The molecule has 154 valence electrons. The Balaban J connectivity index is 2.10. The Morgan fingerprint density at radius 1 is 1.21 bits per heavy atom. The third-order valence-electron chi connectivity index (χ3n) is 6.26. The van der Waals surface area contributed by atoms with Crippen molar-refractivity contribution in [1.82, 2.24) is 16.0 Å². The highest BCUT2D eigenvalue weighted by atomic mass is 19.1. The molecule has 2 amide bonds. The molecule has 7 heteroatoms.